The van der Waals surface area contributed by atoms with Gasteiger partial charge in [0.1, 0.15) is 5.79 Å². The number of aliphatic carboxylic acids is 1. The highest BCUT2D eigenvalue weighted by atomic mass is 16.4. The molecule has 6 unspecified atom stereocenters. The lowest BCUT2D eigenvalue weighted by Crippen LogP contribution is -2.56. The highest BCUT2D eigenvalue weighted by Gasteiger charge is 2.67. The number of hydrogen-bond acceptors (Lipinski definition) is 8. The molecule has 206 valence electrons. The van der Waals surface area contributed by atoms with Crippen LogP contribution < -0.4 is 0 Å². The average Bonchev–Trinajstić information content (AvgIpc) is 3.75. The molecule has 9 heteroatoms. The van der Waals surface area contributed by atoms with Crippen LogP contribution in [-0.2, 0) is 4.79 Å². The van der Waals surface area contributed by atoms with Gasteiger partial charge in [-0.15, -0.1) is 0 Å². The molecule has 0 aromatic heterocycles. The SMILES string of the molecule is CCCCC1CN1C(CC(=O)O)(N1CC1CCCC)N1CC1CCCC.OCC(CO)(CO)CO. The Kier molecular flexibility index (Phi) is 12.4. The predicted molar refractivity (Wildman–Crippen MR) is 136 cm³/mol. The molecular weight excluding hydrogens is 450 g/mol. The number of carboxylic acid groups (broad SMARTS) is 1. The number of aliphatic hydroxyl groups excluding tert-OH is 4. The number of rotatable bonds is 18. The van der Waals surface area contributed by atoms with Crippen molar-refractivity contribution in [2.45, 2.75) is 109 Å². The first kappa shape index (κ1) is 30.4. The third kappa shape index (κ3) is 7.84. The second-order valence-electron chi connectivity index (χ2n) is 10.8. The Morgan fingerprint density at radius 1 is 0.686 bits per heavy atom. The zero-order valence-corrected chi connectivity index (χ0v) is 22.2. The summed E-state index contributed by atoms with van der Waals surface area (Å²) < 4.78 is 0. The van der Waals surface area contributed by atoms with Gasteiger partial charge in [-0.2, -0.15) is 0 Å². The maximum atomic E-state index is 11.9. The van der Waals surface area contributed by atoms with Gasteiger partial charge in [-0.05, 0) is 19.3 Å². The summed E-state index contributed by atoms with van der Waals surface area (Å²) in [5.74, 6) is -0.977. The van der Waals surface area contributed by atoms with Crippen molar-refractivity contribution in [2.24, 2.45) is 5.41 Å². The molecule has 0 bridgehead atoms. The molecule has 9 nitrogen and oxygen atoms in total. The number of nitrogens with zero attached hydrogens (tertiary/aromatic N) is 3. The summed E-state index contributed by atoms with van der Waals surface area (Å²) in [6.45, 7) is 8.36. The molecule has 3 rings (SSSR count). The average molecular weight is 502 g/mol. The van der Waals surface area contributed by atoms with E-state index in [1.165, 1.54) is 57.8 Å². The van der Waals surface area contributed by atoms with Crippen LogP contribution in [0.2, 0.25) is 0 Å². The zero-order valence-electron chi connectivity index (χ0n) is 22.2. The molecule has 3 saturated heterocycles. The molecule has 0 radical (unpaired) electrons. The minimum absolute atomic E-state index is 0.251. The maximum absolute atomic E-state index is 11.9. The Morgan fingerprint density at radius 2 is 1.00 bits per heavy atom. The van der Waals surface area contributed by atoms with Gasteiger partial charge in [0.15, 0.2) is 0 Å². The fourth-order valence-corrected chi connectivity index (χ4v) is 5.22. The smallest absolute Gasteiger partial charge is 0.308 e. The fourth-order valence-electron chi connectivity index (χ4n) is 5.22. The van der Waals surface area contributed by atoms with Crippen molar-refractivity contribution < 1.29 is 30.3 Å². The molecule has 6 atom stereocenters. The van der Waals surface area contributed by atoms with Gasteiger partial charge >= 0.3 is 5.97 Å². The van der Waals surface area contributed by atoms with Gasteiger partial charge in [-0.1, -0.05) is 59.3 Å². The molecule has 3 aliphatic heterocycles. The quantitative estimate of drug-likeness (QED) is 0.178. The van der Waals surface area contributed by atoms with Crippen molar-refractivity contribution in [3.05, 3.63) is 0 Å². The van der Waals surface area contributed by atoms with Crippen LogP contribution in [0.3, 0.4) is 0 Å². The van der Waals surface area contributed by atoms with E-state index < -0.39 is 37.8 Å². The van der Waals surface area contributed by atoms with E-state index in [-0.39, 0.29) is 12.2 Å². The Morgan fingerprint density at radius 3 is 1.20 bits per heavy atom. The van der Waals surface area contributed by atoms with Gasteiger partial charge in [-0.3, -0.25) is 19.5 Å². The lowest BCUT2D eigenvalue weighted by atomic mass is 9.93. The number of unbranched alkanes of at least 4 members (excludes halogenated alkanes) is 3. The van der Waals surface area contributed by atoms with E-state index in [1.807, 2.05) is 0 Å². The first-order valence-electron chi connectivity index (χ1n) is 13.8. The molecular formula is C26H51N3O6. The van der Waals surface area contributed by atoms with Crippen LogP contribution in [-0.4, -0.2) is 116 Å². The van der Waals surface area contributed by atoms with E-state index >= 15 is 0 Å². The molecule has 3 fully saturated rings. The topological polar surface area (TPSA) is 127 Å². The molecule has 5 N–H and O–H groups in total. The van der Waals surface area contributed by atoms with Gasteiger partial charge < -0.3 is 25.5 Å². The van der Waals surface area contributed by atoms with E-state index in [0.29, 0.717) is 18.1 Å². The second-order valence-corrected chi connectivity index (χ2v) is 10.8. The molecule has 0 saturated carbocycles. The van der Waals surface area contributed by atoms with E-state index in [4.69, 9.17) is 20.4 Å². The summed E-state index contributed by atoms with van der Waals surface area (Å²) in [5, 5.41) is 43.8. The Hall–Kier alpha value is -0.810. The van der Waals surface area contributed by atoms with Gasteiger partial charge in [0.05, 0.1) is 38.3 Å². The minimum atomic E-state index is -1.11. The molecule has 0 amide bonds. The van der Waals surface area contributed by atoms with Crippen LogP contribution >= 0.6 is 0 Å². The van der Waals surface area contributed by atoms with Crippen LogP contribution in [0.5, 0.6) is 0 Å². The highest BCUT2D eigenvalue weighted by Crippen LogP contribution is 2.51. The zero-order chi connectivity index (χ0) is 26.1. The van der Waals surface area contributed by atoms with E-state index in [2.05, 4.69) is 35.5 Å². The molecule has 0 aliphatic carbocycles. The number of hydrogen-bond donors (Lipinski definition) is 5. The van der Waals surface area contributed by atoms with Crippen LogP contribution in [0, 0.1) is 5.41 Å². The van der Waals surface area contributed by atoms with Gasteiger partial charge in [0.2, 0.25) is 0 Å². The summed E-state index contributed by atoms with van der Waals surface area (Å²) in [5.41, 5.74) is -1.11. The van der Waals surface area contributed by atoms with Crippen LogP contribution in [0.4, 0.5) is 0 Å². The lowest BCUT2D eigenvalue weighted by Gasteiger charge is -2.39. The highest BCUT2D eigenvalue weighted by molar-refractivity contribution is 5.68. The number of carbonyl (C=O) groups is 1. The Bertz CT molecular complexity index is 560. The summed E-state index contributed by atoms with van der Waals surface area (Å²) in [7, 11) is 0. The monoisotopic (exact) mass is 501 g/mol. The largest absolute Gasteiger partial charge is 0.481 e. The molecule has 35 heavy (non-hydrogen) atoms. The third-order valence-corrected chi connectivity index (χ3v) is 7.93. The standard InChI is InChI=1S/C21H39N3O2.C5H12O4/c1-4-7-10-17-14-22(17)21(13-20(25)26,23-15-18(23)11-8-5-2)24-16-19(24)12-9-6-3;6-1-5(2-7,3-8)4-9/h17-19H,4-16H2,1-3H3,(H,25,26);6-9H,1-4H2. The molecule has 0 aromatic carbocycles. The van der Waals surface area contributed by atoms with Crippen molar-refractivity contribution >= 4 is 5.97 Å². The van der Waals surface area contributed by atoms with E-state index in [0.717, 1.165) is 19.6 Å². The third-order valence-electron chi connectivity index (χ3n) is 7.93. The van der Waals surface area contributed by atoms with Crippen molar-refractivity contribution in [1.29, 1.82) is 0 Å². The molecule has 0 aromatic rings. The molecule has 3 aliphatic rings. The fraction of sp³-hybridized carbons (Fsp3) is 0.962. The van der Waals surface area contributed by atoms with Gasteiger partial charge in [0.25, 0.3) is 0 Å². The number of aliphatic hydroxyl groups is 4. The van der Waals surface area contributed by atoms with Crippen molar-refractivity contribution in [3.63, 3.8) is 0 Å². The first-order valence-corrected chi connectivity index (χ1v) is 13.8. The van der Waals surface area contributed by atoms with Gasteiger partial charge in [-0.25, -0.2) is 0 Å². The first-order chi connectivity index (χ1) is 16.8. The summed E-state index contributed by atoms with van der Waals surface area (Å²) in [6.07, 6.45) is 11.3. The predicted octanol–water partition coefficient (Wildman–Crippen LogP) is 1.68. The molecule has 0 spiro atoms. The summed E-state index contributed by atoms with van der Waals surface area (Å²) >= 11 is 0. The van der Waals surface area contributed by atoms with Crippen molar-refractivity contribution in [1.82, 2.24) is 14.7 Å². The van der Waals surface area contributed by atoms with Crippen LogP contribution in [0.15, 0.2) is 0 Å². The summed E-state index contributed by atoms with van der Waals surface area (Å²) in [4.78, 5) is 19.5. The second kappa shape index (κ2) is 14.2. The minimum Gasteiger partial charge on any atom is -0.481 e. The maximum Gasteiger partial charge on any atom is 0.308 e. The lowest BCUT2D eigenvalue weighted by molar-refractivity contribution is -0.146. The Labute approximate surface area is 211 Å². The van der Waals surface area contributed by atoms with E-state index in [1.54, 1.807) is 0 Å². The normalized spacial score (nSPS) is 30.7. The van der Waals surface area contributed by atoms with Crippen LogP contribution in [0.1, 0.15) is 85.0 Å². The summed E-state index contributed by atoms with van der Waals surface area (Å²) in [6, 6.07) is 1.78. The van der Waals surface area contributed by atoms with Crippen LogP contribution in [0.25, 0.3) is 0 Å². The van der Waals surface area contributed by atoms with E-state index in [9.17, 15) is 9.90 Å². The Balaban J connectivity index is 0.000000410. The molecule has 3 heterocycles. The number of carboxylic acids is 1. The van der Waals surface area contributed by atoms with Crippen molar-refractivity contribution in [2.75, 3.05) is 46.1 Å². The van der Waals surface area contributed by atoms with Crippen molar-refractivity contribution in [3.8, 4) is 0 Å². The van der Waals surface area contributed by atoms with Gasteiger partial charge in [0, 0.05) is 37.8 Å².